The van der Waals surface area contributed by atoms with Crippen LogP contribution < -0.4 is 15.6 Å². The molecule has 0 aliphatic rings. The lowest BCUT2D eigenvalue weighted by Crippen LogP contribution is -2.31. The normalized spacial score (nSPS) is 10.9. The fourth-order valence-corrected chi connectivity index (χ4v) is 3.76. The van der Waals surface area contributed by atoms with Crippen molar-refractivity contribution >= 4 is 22.8 Å². The Hall–Kier alpha value is -3.39. The Kier molecular flexibility index (Phi) is 5.44. The Bertz CT molecular complexity index is 1180. The molecule has 1 amide bonds. The molecule has 0 bridgehead atoms. The molecule has 3 heterocycles. The molecule has 0 fully saturated rings. The number of rotatable bonds is 7. The van der Waals surface area contributed by atoms with E-state index in [1.807, 2.05) is 41.8 Å². The summed E-state index contributed by atoms with van der Waals surface area (Å²) >= 11 is 1.55. The molecule has 29 heavy (non-hydrogen) atoms. The van der Waals surface area contributed by atoms with Crippen LogP contribution in [0.15, 0.2) is 65.0 Å². The van der Waals surface area contributed by atoms with Gasteiger partial charge in [0.2, 0.25) is 5.91 Å². The summed E-state index contributed by atoms with van der Waals surface area (Å²) in [5, 5.41) is 9.29. The molecule has 8 heteroatoms. The number of nitrogens with one attached hydrogen (secondary N) is 1. The van der Waals surface area contributed by atoms with Crippen LogP contribution in [0.2, 0.25) is 0 Å². The van der Waals surface area contributed by atoms with E-state index in [2.05, 4.69) is 10.4 Å². The molecular weight excluding hydrogens is 388 g/mol. The zero-order valence-corrected chi connectivity index (χ0v) is 16.7. The fourth-order valence-electron chi connectivity index (χ4n) is 3.05. The van der Waals surface area contributed by atoms with Crippen LogP contribution in [0.5, 0.6) is 5.75 Å². The predicted molar refractivity (Wildman–Crippen MR) is 112 cm³/mol. The number of carbonyl (C=O) groups is 1. The zero-order chi connectivity index (χ0) is 20.2. The number of methoxy groups -OCH3 is 1. The molecule has 7 nitrogen and oxygen atoms in total. The van der Waals surface area contributed by atoms with Gasteiger partial charge in [-0.2, -0.15) is 5.10 Å². The molecule has 0 unspecified atom stereocenters. The van der Waals surface area contributed by atoms with Gasteiger partial charge in [-0.25, -0.2) is 4.52 Å². The van der Waals surface area contributed by atoms with Crippen molar-refractivity contribution in [3.8, 4) is 17.0 Å². The van der Waals surface area contributed by atoms with Gasteiger partial charge in [-0.05, 0) is 41.8 Å². The molecule has 0 saturated carbocycles. The molecule has 1 aromatic carbocycles. The van der Waals surface area contributed by atoms with Crippen molar-refractivity contribution in [1.82, 2.24) is 19.5 Å². The predicted octanol–water partition coefficient (Wildman–Crippen LogP) is 2.59. The highest BCUT2D eigenvalue weighted by Crippen LogP contribution is 2.21. The minimum absolute atomic E-state index is 0.0484. The quantitative estimate of drug-likeness (QED) is 0.510. The third-order valence-corrected chi connectivity index (χ3v) is 5.46. The Balaban J connectivity index is 1.45. The molecule has 1 N–H and O–H groups in total. The van der Waals surface area contributed by atoms with Crippen molar-refractivity contribution in [2.75, 3.05) is 13.7 Å². The first-order chi connectivity index (χ1) is 14.1. The summed E-state index contributed by atoms with van der Waals surface area (Å²) in [4.78, 5) is 25.8. The lowest BCUT2D eigenvalue weighted by atomic mass is 10.1. The maximum Gasteiger partial charge on any atom is 0.276 e. The van der Waals surface area contributed by atoms with Crippen LogP contribution >= 0.6 is 11.3 Å². The number of ether oxygens (including phenoxy) is 1. The van der Waals surface area contributed by atoms with E-state index >= 15 is 0 Å². The molecule has 3 aromatic heterocycles. The van der Waals surface area contributed by atoms with E-state index in [0.29, 0.717) is 30.7 Å². The number of thiophene rings is 1. The van der Waals surface area contributed by atoms with Gasteiger partial charge in [-0.15, -0.1) is 11.3 Å². The average molecular weight is 408 g/mol. The monoisotopic (exact) mass is 408 g/mol. The molecule has 0 spiro atoms. The fraction of sp³-hybridized carbons (Fsp3) is 0.190. The van der Waals surface area contributed by atoms with Gasteiger partial charge in [-0.3, -0.25) is 9.59 Å². The minimum Gasteiger partial charge on any atom is -0.497 e. The van der Waals surface area contributed by atoms with Gasteiger partial charge in [0.25, 0.3) is 5.56 Å². The minimum atomic E-state index is -0.146. The molecule has 4 rings (SSSR count). The number of hydrogen-bond acceptors (Lipinski definition) is 5. The standard InChI is InChI=1S/C21H20N4O3S/c1-28-16-6-4-15(5-7-16)18-14-19-21(27)24(10-11-25(19)23-18)9-8-22-20(26)13-17-3-2-12-29-17/h2-7,10-12,14H,8-9,13H2,1H3,(H,22,26). The number of amides is 1. The van der Waals surface area contributed by atoms with Crippen molar-refractivity contribution in [2.24, 2.45) is 0 Å². The van der Waals surface area contributed by atoms with Crippen LogP contribution in [0.4, 0.5) is 0 Å². The lowest BCUT2D eigenvalue weighted by molar-refractivity contribution is -0.120. The Labute approximate surface area is 171 Å². The Morgan fingerprint density at radius 1 is 1.21 bits per heavy atom. The molecule has 148 valence electrons. The second-order valence-corrected chi connectivity index (χ2v) is 7.52. The van der Waals surface area contributed by atoms with Crippen molar-refractivity contribution in [3.05, 3.63) is 75.5 Å². The van der Waals surface area contributed by atoms with E-state index in [-0.39, 0.29) is 11.5 Å². The van der Waals surface area contributed by atoms with Gasteiger partial charge in [0.1, 0.15) is 11.3 Å². The lowest BCUT2D eigenvalue weighted by Gasteiger charge is -2.07. The van der Waals surface area contributed by atoms with Gasteiger partial charge >= 0.3 is 0 Å². The number of aromatic nitrogens is 3. The number of fused-ring (bicyclic) bond motifs is 1. The van der Waals surface area contributed by atoms with Crippen molar-refractivity contribution in [2.45, 2.75) is 13.0 Å². The van der Waals surface area contributed by atoms with Gasteiger partial charge < -0.3 is 14.6 Å². The first kappa shape index (κ1) is 18.9. The van der Waals surface area contributed by atoms with Crippen LogP contribution in [-0.4, -0.2) is 33.7 Å². The third kappa shape index (κ3) is 4.22. The number of nitrogens with zero attached hydrogens (tertiary/aromatic N) is 3. The average Bonchev–Trinajstić information content (AvgIpc) is 3.40. The van der Waals surface area contributed by atoms with Crippen LogP contribution in [0.3, 0.4) is 0 Å². The Morgan fingerprint density at radius 3 is 2.76 bits per heavy atom. The van der Waals surface area contributed by atoms with Gasteiger partial charge in [-0.1, -0.05) is 6.07 Å². The summed E-state index contributed by atoms with van der Waals surface area (Å²) in [6, 6.07) is 13.2. The maximum atomic E-state index is 12.8. The van der Waals surface area contributed by atoms with Crippen molar-refractivity contribution in [1.29, 1.82) is 0 Å². The summed E-state index contributed by atoms with van der Waals surface area (Å²) < 4.78 is 8.33. The van der Waals surface area contributed by atoms with Crippen LogP contribution in [0.1, 0.15) is 4.88 Å². The second-order valence-electron chi connectivity index (χ2n) is 6.49. The molecule has 4 aromatic rings. The first-order valence-corrected chi connectivity index (χ1v) is 10.0. The molecule has 0 atom stereocenters. The SMILES string of the molecule is COc1ccc(-c2cc3c(=O)n(CCNC(=O)Cc4cccs4)ccn3n2)cc1. The highest BCUT2D eigenvalue weighted by atomic mass is 32.1. The topological polar surface area (TPSA) is 77.6 Å². The van der Waals surface area contributed by atoms with Crippen LogP contribution in [0, 0.1) is 0 Å². The van der Waals surface area contributed by atoms with Crippen molar-refractivity contribution < 1.29 is 9.53 Å². The smallest absolute Gasteiger partial charge is 0.276 e. The number of hydrogen-bond donors (Lipinski definition) is 1. The maximum absolute atomic E-state index is 12.8. The summed E-state index contributed by atoms with van der Waals surface area (Å²) in [5.41, 5.74) is 1.96. The van der Waals surface area contributed by atoms with Gasteiger partial charge in [0, 0.05) is 35.9 Å². The van der Waals surface area contributed by atoms with E-state index in [1.165, 1.54) is 0 Å². The molecular formula is C21H20N4O3S. The zero-order valence-electron chi connectivity index (χ0n) is 15.9. The van der Waals surface area contributed by atoms with Crippen LogP contribution in [-0.2, 0) is 17.8 Å². The highest BCUT2D eigenvalue weighted by Gasteiger charge is 2.10. The first-order valence-electron chi connectivity index (χ1n) is 9.16. The van der Waals surface area contributed by atoms with E-state index in [1.54, 1.807) is 46.0 Å². The number of carbonyl (C=O) groups excluding carboxylic acids is 1. The van der Waals surface area contributed by atoms with E-state index in [9.17, 15) is 9.59 Å². The second kappa shape index (κ2) is 8.32. The van der Waals surface area contributed by atoms with Gasteiger partial charge in [0.15, 0.2) is 0 Å². The largest absolute Gasteiger partial charge is 0.497 e. The summed E-state index contributed by atoms with van der Waals surface area (Å²) in [6.45, 7) is 0.786. The molecule has 0 saturated heterocycles. The summed E-state index contributed by atoms with van der Waals surface area (Å²) in [6.07, 6.45) is 3.79. The molecule has 0 aliphatic carbocycles. The highest BCUT2D eigenvalue weighted by molar-refractivity contribution is 7.10. The van der Waals surface area contributed by atoms with Crippen molar-refractivity contribution in [3.63, 3.8) is 0 Å². The molecule has 0 aliphatic heterocycles. The van der Waals surface area contributed by atoms with E-state index in [0.717, 1.165) is 16.2 Å². The van der Waals surface area contributed by atoms with E-state index < -0.39 is 0 Å². The molecule has 0 radical (unpaired) electrons. The Morgan fingerprint density at radius 2 is 2.03 bits per heavy atom. The van der Waals surface area contributed by atoms with E-state index in [4.69, 9.17) is 4.74 Å². The summed E-state index contributed by atoms with van der Waals surface area (Å²) in [7, 11) is 1.62. The summed E-state index contributed by atoms with van der Waals surface area (Å²) in [5.74, 6) is 0.716. The van der Waals surface area contributed by atoms with Crippen LogP contribution in [0.25, 0.3) is 16.8 Å². The number of benzene rings is 1. The third-order valence-electron chi connectivity index (χ3n) is 4.58. The van der Waals surface area contributed by atoms with Gasteiger partial charge in [0.05, 0.1) is 19.2 Å².